The number of aliphatic hydroxyl groups is 6. The van der Waals surface area contributed by atoms with Crippen molar-refractivity contribution in [2.45, 2.75) is 205 Å². The molecule has 0 rings (SSSR count). The highest BCUT2D eigenvalue weighted by Crippen LogP contribution is 2.26. The lowest BCUT2D eigenvalue weighted by atomic mass is 9.95. The Kier molecular flexibility index (Phi) is 43.1. The fourth-order valence-corrected chi connectivity index (χ4v) is 5.63. The minimum atomic E-state index is -4.64. The maximum atomic E-state index is 11.7. The van der Waals surface area contributed by atoms with E-state index in [9.17, 15) is 19.8 Å². The molecule has 0 saturated heterocycles. The lowest BCUT2D eigenvalue weighted by Gasteiger charge is -2.21. The molecule has 0 fully saturated rings. The highest BCUT2D eigenvalue weighted by molar-refractivity contribution is 7.45. The van der Waals surface area contributed by atoms with Crippen LogP contribution in [-0.4, -0.2) is 94.5 Å². The van der Waals surface area contributed by atoms with Gasteiger partial charge in [-0.2, -0.15) is 0 Å². The molecule has 0 bridgehead atoms. The fraction of sp³-hybridized carbons (Fsp3) is 0.857. The van der Waals surface area contributed by atoms with Crippen molar-refractivity contribution in [3.8, 4) is 0 Å². The van der Waals surface area contributed by atoms with Gasteiger partial charge in [-0.05, 0) is 64.2 Å². The van der Waals surface area contributed by atoms with Crippen molar-refractivity contribution in [1.82, 2.24) is 0 Å². The van der Waals surface area contributed by atoms with Crippen molar-refractivity contribution in [1.29, 1.82) is 0 Å². The van der Waals surface area contributed by atoms with E-state index in [0.717, 1.165) is 51.4 Å². The van der Waals surface area contributed by atoms with Gasteiger partial charge >= 0.3 is 7.82 Å². The number of hydrogen-bond acceptors (Lipinski definition) is 9. The zero-order valence-electron chi connectivity index (χ0n) is 34.6. The maximum Gasteiger partial charge on any atom is 0.466 e. The first kappa shape index (κ1) is 58.0. The molecule has 0 heterocycles. The van der Waals surface area contributed by atoms with E-state index in [1.165, 1.54) is 103 Å². The molecule has 0 aromatic heterocycles. The number of hydrogen-bond donors (Lipinski definition) is 9. The monoisotopic (exact) mass is 811 g/mol. The Hall–Kier alpha value is -1.31. The van der Waals surface area contributed by atoms with Crippen LogP contribution in [0.2, 0.25) is 0 Å². The molecule has 0 unspecified atom stereocenters. The van der Waals surface area contributed by atoms with E-state index < -0.39 is 57.0 Å². The molecule has 9 N–H and O–H groups in total. The van der Waals surface area contributed by atoms with Crippen molar-refractivity contribution in [2.75, 3.05) is 26.4 Å². The van der Waals surface area contributed by atoms with E-state index in [4.69, 9.17) is 39.7 Å². The highest BCUT2D eigenvalue weighted by atomic mass is 31.2. The normalized spacial score (nSPS) is 12.1. The third-order valence-electron chi connectivity index (χ3n) is 9.42. The first-order valence-electron chi connectivity index (χ1n) is 21.2. The Balaban J connectivity index is -0.000000874. The van der Waals surface area contributed by atoms with Gasteiger partial charge in [-0.15, -0.1) is 0 Å². The van der Waals surface area contributed by atoms with Gasteiger partial charge in [0.25, 0.3) is 0 Å². The van der Waals surface area contributed by atoms with E-state index in [1.54, 1.807) is 0 Å². The van der Waals surface area contributed by atoms with Crippen LogP contribution in [0.3, 0.4) is 0 Å². The molecule has 0 amide bonds. The summed E-state index contributed by atoms with van der Waals surface area (Å²) < 4.78 is 8.88. The SMILES string of the molecule is CCCCCCCC/C=C\CCCCCCCC(=O)C(O)(CO)CO.CCCCCCCC/C=C\CCCCCCCC(=O)C(O)(CO)CO.O=P(O)(O)O. The van der Waals surface area contributed by atoms with Crippen LogP contribution in [0.1, 0.15) is 194 Å². The summed E-state index contributed by atoms with van der Waals surface area (Å²) in [7, 11) is -4.64. The van der Waals surface area contributed by atoms with Gasteiger partial charge in [-0.1, -0.05) is 141 Å². The quantitative estimate of drug-likeness (QED) is 0.0168. The summed E-state index contributed by atoms with van der Waals surface area (Å²) in [6.07, 6.45) is 40.6. The Morgan fingerprint density at radius 2 is 0.618 bits per heavy atom. The van der Waals surface area contributed by atoms with Crippen LogP contribution in [-0.2, 0) is 14.2 Å². The number of carbonyl (C=O) groups is 2. The van der Waals surface area contributed by atoms with Crippen LogP contribution >= 0.6 is 7.82 Å². The molecular weight excluding hydrogens is 727 g/mol. The largest absolute Gasteiger partial charge is 0.466 e. The third-order valence-corrected chi connectivity index (χ3v) is 9.42. The molecule has 12 nitrogen and oxygen atoms in total. The topological polar surface area (TPSA) is 233 Å². The molecular formula is C42H83O12P. The predicted molar refractivity (Wildman–Crippen MR) is 221 cm³/mol. The van der Waals surface area contributed by atoms with Crippen molar-refractivity contribution in [3.63, 3.8) is 0 Å². The summed E-state index contributed by atoms with van der Waals surface area (Å²) >= 11 is 0. The maximum absolute atomic E-state index is 11.7. The number of aliphatic hydroxyl groups excluding tert-OH is 4. The van der Waals surface area contributed by atoms with Crippen LogP contribution in [0.25, 0.3) is 0 Å². The number of ketones is 2. The molecule has 0 aliphatic heterocycles. The van der Waals surface area contributed by atoms with Crippen molar-refractivity contribution >= 4 is 19.4 Å². The van der Waals surface area contributed by atoms with Crippen LogP contribution in [0.5, 0.6) is 0 Å². The van der Waals surface area contributed by atoms with Gasteiger partial charge in [0.1, 0.15) is 0 Å². The Morgan fingerprint density at radius 3 is 0.836 bits per heavy atom. The number of Topliss-reactive ketones (excluding diaryl/α,β-unsaturated/α-hetero) is 2. The van der Waals surface area contributed by atoms with Gasteiger partial charge in [0.2, 0.25) is 0 Å². The standard InChI is InChI=1S/2C21H40O4.H3O4P/c2*1-2-3-4-5-6-7-8-9-10-11-12-13-14-15-16-17-20(24)21(25,18-22)19-23;1-5(2,3)4/h2*9-10,22-23,25H,2-8,11-19H2,1H3;(H3,1,2,3,4)/b2*10-9-;. The molecule has 0 aliphatic carbocycles. The zero-order chi connectivity index (χ0) is 42.1. The number of allylic oxidation sites excluding steroid dienone is 4. The molecule has 0 saturated carbocycles. The second kappa shape index (κ2) is 40.9. The zero-order valence-corrected chi connectivity index (χ0v) is 35.5. The molecule has 0 aliphatic rings. The Morgan fingerprint density at radius 1 is 0.418 bits per heavy atom. The van der Waals surface area contributed by atoms with Gasteiger partial charge in [0.15, 0.2) is 22.8 Å². The molecule has 328 valence electrons. The van der Waals surface area contributed by atoms with Gasteiger partial charge in [-0.25, -0.2) is 4.57 Å². The molecule has 0 aromatic carbocycles. The van der Waals surface area contributed by atoms with Gasteiger partial charge in [0, 0.05) is 12.8 Å². The van der Waals surface area contributed by atoms with Crippen molar-refractivity contribution in [2.24, 2.45) is 0 Å². The lowest BCUT2D eigenvalue weighted by Crippen LogP contribution is -2.45. The molecule has 0 spiro atoms. The van der Waals surface area contributed by atoms with Gasteiger partial charge < -0.3 is 45.3 Å². The van der Waals surface area contributed by atoms with Crippen molar-refractivity contribution in [3.05, 3.63) is 24.3 Å². The highest BCUT2D eigenvalue weighted by Gasteiger charge is 2.34. The summed E-state index contributed by atoms with van der Waals surface area (Å²) in [5.41, 5.74) is -3.92. The smallest absolute Gasteiger partial charge is 0.393 e. The van der Waals surface area contributed by atoms with E-state index in [1.807, 2.05) is 0 Å². The Labute approximate surface area is 333 Å². The number of rotatable bonds is 36. The Bertz CT molecular complexity index is 884. The number of unbranched alkanes of at least 4 members (excludes halogenated alkanes) is 22. The molecule has 0 aromatic rings. The number of carbonyl (C=O) groups excluding carboxylic acids is 2. The summed E-state index contributed by atoms with van der Waals surface area (Å²) in [5.74, 6) is -0.926. The fourth-order valence-electron chi connectivity index (χ4n) is 5.63. The molecule has 55 heavy (non-hydrogen) atoms. The van der Waals surface area contributed by atoms with E-state index in [2.05, 4.69) is 38.2 Å². The first-order valence-corrected chi connectivity index (χ1v) is 22.8. The van der Waals surface area contributed by atoms with Crippen LogP contribution in [0.4, 0.5) is 0 Å². The number of phosphoric acid groups is 1. The summed E-state index contributed by atoms with van der Waals surface area (Å²) in [6, 6.07) is 0. The first-order chi connectivity index (χ1) is 26.2. The third kappa shape index (κ3) is 42.1. The minimum absolute atomic E-state index is 0.218. The summed E-state index contributed by atoms with van der Waals surface area (Å²) in [4.78, 5) is 44.9. The second-order valence-corrected chi connectivity index (χ2v) is 15.8. The van der Waals surface area contributed by atoms with Crippen LogP contribution in [0, 0.1) is 0 Å². The molecule has 13 heteroatoms. The van der Waals surface area contributed by atoms with Gasteiger partial charge in [0.05, 0.1) is 26.4 Å². The average molecular weight is 811 g/mol. The summed E-state index contributed by atoms with van der Waals surface area (Å²) in [6.45, 7) is 1.63. The molecule has 0 atom stereocenters. The van der Waals surface area contributed by atoms with Crippen LogP contribution < -0.4 is 0 Å². The lowest BCUT2D eigenvalue weighted by molar-refractivity contribution is -0.147. The van der Waals surface area contributed by atoms with E-state index in [0.29, 0.717) is 12.8 Å². The second-order valence-electron chi connectivity index (χ2n) is 14.7. The summed E-state index contributed by atoms with van der Waals surface area (Å²) in [5, 5.41) is 55.1. The predicted octanol–water partition coefficient (Wildman–Crippen LogP) is 7.69. The van der Waals surface area contributed by atoms with Crippen molar-refractivity contribution < 1.29 is 59.5 Å². The van der Waals surface area contributed by atoms with Crippen LogP contribution in [0.15, 0.2) is 24.3 Å². The minimum Gasteiger partial charge on any atom is -0.393 e. The van der Waals surface area contributed by atoms with E-state index in [-0.39, 0.29) is 12.8 Å². The average Bonchev–Trinajstić information content (AvgIpc) is 3.16. The van der Waals surface area contributed by atoms with E-state index >= 15 is 0 Å². The molecule has 0 radical (unpaired) electrons. The van der Waals surface area contributed by atoms with Gasteiger partial charge in [-0.3, -0.25) is 9.59 Å².